The van der Waals surface area contributed by atoms with Gasteiger partial charge in [-0.2, -0.15) is 0 Å². The van der Waals surface area contributed by atoms with Gasteiger partial charge in [-0.25, -0.2) is 0 Å². The summed E-state index contributed by atoms with van der Waals surface area (Å²) in [6, 6.07) is 12.6. The molecule has 0 bridgehead atoms. The number of nitrogens with one attached hydrogen (secondary N) is 1. The number of halogens is 1. The fourth-order valence-electron chi connectivity index (χ4n) is 2.61. The third-order valence-corrected chi connectivity index (χ3v) is 4.19. The lowest BCUT2D eigenvalue weighted by Crippen LogP contribution is -2.21. The van der Waals surface area contributed by atoms with Crippen molar-refractivity contribution < 1.29 is 19.4 Å². The zero-order chi connectivity index (χ0) is 17.3. The largest absolute Gasteiger partial charge is 0.507 e. The van der Waals surface area contributed by atoms with Crippen LogP contribution in [0.3, 0.4) is 0 Å². The predicted molar refractivity (Wildman–Crippen MR) is 89.9 cm³/mol. The highest BCUT2D eigenvalue weighted by molar-refractivity contribution is 6.47. The smallest absolute Gasteiger partial charge is 0.293 e. The summed E-state index contributed by atoms with van der Waals surface area (Å²) >= 11 is 6.17. The maximum Gasteiger partial charge on any atom is 0.293 e. The molecule has 1 saturated heterocycles. The van der Waals surface area contributed by atoms with Crippen molar-refractivity contribution in [3.63, 3.8) is 0 Å². The quantitative estimate of drug-likeness (QED) is 0.510. The Labute approximate surface area is 143 Å². The molecule has 5 nitrogen and oxygen atoms in total. The Kier molecular flexibility index (Phi) is 4.27. The first-order valence-corrected chi connectivity index (χ1v) is 7.58. The molecule has 0 radical (unpaired) electrons. The summed E-state index contributed by atoms with van der Waals surface area (Å²) in [5.74, 6) is -1.18. The number of ether oxygens (including phenoxy) is 1. The molecule has 1 amide bonds. The molecule has 0 saturated carbocycles. The van der Waals surface area contributed by atoms with E-state index >= 15 is 0 Å². The van der Waals surface area contributed by atoms with Gasteiger partial charge in [0.25, 0.3) is 11.7 Å². The highest BCUT2D eigenvalue weighted by Gasteiger charge is 2.40. The molecule has 2 aromatic rings. The predicted octanol–water partition coefficient (Wildman–Crippen LogP) is 3.06. The molecular weight excluding hydrogens is 330 g/mol. The molecule has 0 aromatic heterocycles. The van der Waals surface area contributed by atoms with Gasteiger partial charge < -0.3 is 15.2 Å². The van der Waals surface area contributed by atoms with Crippen molar-refractivity contribution in [2.45, 2.75) is 6.04 Å². The van der Waals surface area contributed by atoms with E-state index in [9.17, 15) is 14.7 Å². The molecule has 6 heteroatoms. The number of hydrogen-bond donors (Lipinski definition) is 2. The van der Waals surface area contributed by atoms with E-state index in [0.717, 1.165) is 0 Å². The molecule has 1 aliphatic rings. The molecule has 1 aliphatic heterocycles. The van der Waals surface area contributed by atoms with E-state index in [0.29, 0.717) is 21.9 Å². The highest BCUT2D eigenvalue weighted by atomic mass is 35.5. The third-order valence-electron chi connectivity index (χ3n) is 3.85. The minimum absolute atomic E-state index is 0.0155. The molecule has 2 N–H and O–H groups in total. The number of carbonyl (C=O) groups excluding carboxylic acids is 2. The van der Waals surface area contributed by atoms with Crippen LogP contribution in [0, 0.1) is 0 Å². The molecule has 3 rings (SSSR count). The average Bonchev–Trinajstić information content (AvgIpc) is 2.90. The Morgan fingerprint density at radius 3 is 2.42 bits per heavy atom. The van der Waals surface area contributed by atoms with E-state index < -0.39 is 17.7 Å². The van der Waals surface area contributed by atoms with Crippen molar-refractivity contribution >= 4 is 29.1 Å². The fourth-order valence-corrected chi connectivity index (χ4v) is 2.86. The summed E-state index contributed by atoms with van der Waals surface area (Å²) in [4.78, 5) is 24.1. The second-order valence-electron chi connectivity index (χ2n) is 5.25. The zero-order valence-electron chi connectivity index (χ0n) is 12.7. The first-order valence-electron chi connectivity index (χ1n) is 7.20. The number of Topliss-reactive ketones (excluding diaryl/α,β-unsaturated/α-hetero) is 1. The molecule has 0 spiro atoms. The molecule has 2 aromatic carbocycles. The molecule has 1 atom stereocenters. The van der Waals surface area contributed by atoms with E-state index in [2.05, 4.69) is 5.32 Å². The molecular formula is C18H14ClNO4. The van der Waals surface area contributed by atoms with Crippen molar-refractivity contribution in [1.82, 2.24) is 5.32 Å². The standard InChI is InChI=1S/C18H14ClNO4/c1-24-11-8-6-10(7-9-11)16(21)14-15(20-18(23)17(14)22)12-4-2-3-5-13(12)19/h2-9,15,21H,1H3,(H,20,23). The minimum atomic E-state index is -0.791. The SMILES string of the molecule is COc1ccc(C(O)=C2C(=O)C(=O)NC2c2ccccc2Cl)cc1. The number of rotatable bonds is 3. The van der Waals surface area contributed by atoms with Crippen LogP contribution in [-0.2, 0) is 9.59 Å². The first-order chi connectivity index (χ1) is 11.5. The van der Waals surface area contributed by atoms with E-state index in [1.54, 1.807) is 48.5 Å². The summed E-state index contributed by atoms with van der Waals surface area (Å²) in [6.45, 7) is 0. The van der Waals surface area contributed by atoms with E-state index in [-0.39, 0.29) is 11.3 Å². The van der Waals surface area contributed by atoms with Gasteiger partial charge in [-0.05, 0) is 35.9 Å². The van der Waals surface area contributed by atoms with E-state index in [1.807, 2.05) is 0 Å². The van der Waals surface area contributed by atoms with Gasteiger partial charge in [0.2, 0.25) is 0 Å². The Morgan fingerprint density at radius 1 is 1.12 bits per heavy atom. The zero-order valence-corrected chi connectivity index (χ0v) is 13.5. The number of methoxy groups -OCH3 is 1. The number of ketones is 1. The van der Waals surface area contributed by atoms with Crippen molar-refractivity contribution in [2.24, 2.45) is 0 Å². The van der Waals surface area contributed by atoms with E-state index in [4.69, 9.17) is 16.3 Å². The average molecular weight is 344 g/mol. The Balaban J connectivity index is 2.11. The molecule has 1 heterocycles. The number of benzene rings is 2. The van der Waals surface area contributed by atoms with Crippen LogP contribution in [0.4, 0.5) is 0 Å². The second-order valence-corrected chi connectivity index (χ2v) is 5.66. The van der Waals surface area contributed by atoms with Crippen LogP contribution in [0.1, 0.15) is 17.2 Å². The number of amides is 1. The van der Waals surface area contributed by atoms with Gasteiger partial charge in [-0.1, -0.05) is 29.8 Å². The van der Waals surface area contributed by atoms with Gasteiger partial charge in [-0.15, -0.1) is 0 Å². The molecule has 1 unspecified atom stereocenters. The summed E-state index contributed by atoms with van der Waals surface area (Å²) in [5.41, 5.74) is 0.944. The minimum Gasteiger partial charge on any atom is -0.507 e. The maximum atomic E-state index is 12.2. The van der Waals surface area contributed by atoms with Gasteiger partial charge in [0.15, 0.2) is 0 Å². The van der Waals surface area contributed by atoms with Crippen LogP contribution in [0.2, 0.25) is 5.02 Å². The van der Waals surface area contributed by atoms with Crippen molar-refractivity contribution in [1.29, 1.82) is 0 Å². The summed E-state index contributed by atoms with van der Waals surface area (Å²) in [7, 11) is 1.53. The first kappa shape index (κ1) is 16.1. The van der Waals surface area contributed by atoms with Crippen molar-refractivity contribution in [3.8, 4) is 5.75 Å². The highest BCUT2D eigenvalue weighted by Crippen LogP contribution is 2.36. The summed E-state index contributed by atoms with van der Waals surface area (Å²) in [6.07, 6.45) is 0. The number of hydrogen-bond acceptors (Lipinski definition) is 4. The summed E-state index contributed by atoms with van der Waals surface area (Å²) < 4.78 is 5.07. The number of aliphatic hydroxyl groups excluding tert-OH is 1. The van der Waals surface area contributed by atoms with Crippen LogP contribution < -0.4 is 10.1 Å². The third kappa shape index (κ3) is 2.74. The lowest BCUT2D eigenvalue weighted by Gasteiger charge is -2.15. The lowest BCUT2D eigenvalue weighted by atomic mass is 9.96. The van der Waals surface area contributed by atoms with Gasteiger partial charge in [0, 0.05) is 10.6 Å². The molecule has 122 valence electrons. The Morgan fingerprint density at radius 2 is 1.79 bits per heavy atom. The topological polar surface area (TPSA) is 75.6 Å². The monoisotopic (exact) mass is 343 g/mol. The fraction of sp³-hybridized carbons (Fsp3) is 0.111. The van der Waals surface area contributed by atoms with Crippen LogP contribution in [0.15, 0.2) is 54.1 Å². The normalized spacial score (nSPS) is 19.2. The van der Waals surface area contributed by atoms with Gasteiger partial charge in [-0.3, -0.25) is 9.59 Å². The van der Waals surface area contributed by atoms with E-state index in [1.165, 1.54) is 7.11 Å². The van der Waals surface area contributed by atoms with Crippen LogP contribution in [-0.4, -0.2) is 23.9 Å². The number of carbonyl (C=O) groups is 2. The maximum absolute atomic E-state index is 12.2. The molecule has 0 aliphatic carbocycles. The van der Waals surface area contributed by atoms with Gasteiger partial charge in [0.05, 0.1) is 18.7 Å². The van der Waals surface area contributed by atoms with Gasteiger partial charge >= 0.3 is 0 Å². The van der Waals surface area contributed by atoms with Crippen LogP contribution in [0.25, 0.3) is 5.76 Å². The lowest BCUT2D eigenvalue weighted by molar-refractivity contribution is -0.133. The number of aliphatic hydroxyl groups is 1. The Hall–Kier alpha value is -2.79. The van der Waals surface area contributed by atoms with Crippen LogP contribution >= 0.6 is 11.6 Å². The summed E-state index contributed by atoms with van der Waals surface area (Å²) in [5, 5.41) is 13.5. The molecule has 1 fully saturated rings. The Bertz CT molecular complexity index is 842. The van der Waals surface area contributed by atoms with Gasteiger partial charge in [0.1, 0.15) is 11.5 Å². The molecule has 24 heavy (non-hydrogen) atoms. The van der Waals surface area contributed by atoms with Crippen LogP contribution in [0.5, 0.6) is 5.75 Å². The second kappa shape index (κ2) is 6.37. The van der Waals surface area contributed by atoms with Crippen molar-refractivity contribution in [3.05, 3.63) is 70.3 Å². The van der Waals surface area contributed by atoms with Crippen molar-refractivity contribution in [2.75, 3.05) is 7.11 Å².